The summed E-state index contributed by atoms with van der Waals surface area (Å²) in [6.07, 6.45) is 0. The predicted octanol–water partition coefficient (Wildman–Crippen LogP) is 6.76. The molecule has 0 radical (unpaired) electrons. The van der Waals surface area contributed by atoms with Crippen molar-refractivity contribution in [2.75, 3.05) is 9.80 Å². The summed E-state index contributed by atoms with van der Waals surface area (Å²) in [7, 11) is 0. The van der Waals surface area contributed by atoms with E-state index in [1.165, 1.54) is 27.7 Å². The minimum Gasteiger partial charge on any atom is -0.296 e. The second-order valence-electron chi connectivity index (χ2n) is 9.33. The molecule has 2 aliphatic rings. The van der Waals surface area contributed by atoms with E-state index < -0.39 is 46.9 Å². The zero-order valence-corrected chi connectivity index (χ0v) is 26.2. The van der Waals surface area contributed by atoms with Gasteiger partial charge in [-0.15, -0.1) is 36.4 Å². The van der Waals surface area contributed by atoms with E-state index in [9.17, 15) is 36.7 Å². The SMILES string of the molecule is CC1=C(C)C(=O)N(c2ccc(F)[c-]c2F)C1=O.CC1=C(C)C(=O)N(c2ccc(F)[c-]c2F)C1=O.[Ti+4].c1cc[cH-]c1.c1cc[cH-]c1. The summed E-state index contributed by atoms with van der Waals surface area (Å²) in [6.45, 7) is 5.95. The van der Waals surface area contributed by atoms with Crippen LogP contribution in [0.1, 0.15) is 27.7 Å². The van der Waals surface area contributed by atoms with Crippen LogP contribution in [-0.2, 0) is 40.9 Å². The number of nitrogens with zero attached hydrogens (tertiary/aromatic N) is 2. The number of amides is 4. The largest absolute Gasteiger partial charge is 4.00 e. The van der Waals surface area contributed by atoms with Crippen molar-refractivity contribution < 1.29 is 58.5 Å². The van der Waals surface area contributed by atoms with Crippen LogP contribution in [0.2, 0.25) is 0 Å². The normalized spacial score (nSPS) is 14.0. The smallest absolute Gasteiger partial charge is 0.296 e. The number of rotatable bonds is 2. The van der Waals surface area contributed by atoms with Crippen LogP contribution in [0.5, 0.6) is 0 Å². The molecule has 2 aliphatic heterocycles. The van der Waals surface area contributed by atoms with Crippen LogP contribution >= 0.6 is 0 Å². The number of carbonyl (C=O) groups is 4. The maximum atomic E-state index is 13.4. The van der Waals surface area contributed by atoms with Crippen molar-refractivity contribution in [3.05, 3.63) is 143 Å². The van der Waals surface area contributed by atoms with Crippen molar-refractivity contribution in [2.24, 2.45) is 0 Å². The zero-order valence-electron chi connectivity index (χ0n) is 24.6. The molecule has 6 rings (SSSR count). The molecule has 4 aromatic carbocycles. The Morgan fingerprint density at radius 1 is 0.511 bits per heavy atom. The molecule has 0 aromatic heterocycles. The van der Waals surface area contributed by atoms with E-state index in [1.807, 2.05) is 60.7 Å². The molecule has 0 spiro atoms. The quantitative estimate of drug-likeness (QED) is 0.104. The van der Waals surface area contributed by atoms with Crippen LogP contribution in [0.15, 0.2) is 107 Å². The fourth-order valence-corrected chi connectivity index (χ4v) is 3.79. The summed E-state index contributed by atoms with van der Waals surface area (Å²) in [5.41, 5.74) is 0.491. The van der Waals surface area contributed by atoms with Gasteiger partial charge in [-0.25, -0.2) is 41.8 Å². The zero-order chi connectivity index (χ0) is 32.6. The van der Waals surface area contributed by atoms with Gasteiger partial charge in [-0.2, -0.15) is 36.4 Å². The summed E-state index contributed by atoms with van der Waals surface area (Å²) in [5.74, 6) is -6.25. The van der Waals surface area contributed by atoms with Gasteiger partial charge in [-0.1, -0.05) is 0 Å². The third kappa shape index (κ3) is 8.71. The molecule has 228 valence electrons. The van der Waals surface area contributed by atoms with Crippen LogP contribution < -0.4 is 9.80 Å². The van der Waals surface area contributed by atoms with Gasteiger partial charge in [-0.05, 0) is 39.1 Å². The number of imide groups is 2. The summed E-state index contributed by atoms with van der Waals surface area (Å²) >= 11 is 0. The number of carbonyl (C=O) groups excluding carboxylic acids is 4. The Labute approximate surface area is 272 Å². The van der Waals surface area contributed by atoms with E-state index in [4.69, 9.17) is 0 Å². The van der Waals surface area contributed by atoms with Crippen LogP contribution in [0.4, 0.5) is 28.9 Å². The number of hydrogen-bond acceptors (Lipinski definition) is 4. The summed E-state index contributed by atoms with van der Waals surface area (Å²) in [4.78, 5) is 48.3. The Kier molecular flexibility index (Phi) is 13.3. The Bertz CT molecular complexity index is 1520. The van der Waals surface area contributed by atoms with E-state index >= 15 is 0 Å². The van der Waals surface area contributed by atoms with Gasteiger partial charge in [0.1, 0.15) is 0 Å². The third-order valence-electron chi connectivity index (χ3n) is 6.50. The molecule has 2 heterocycles. The standard InChI is InChI=1S/2C12H8F2NO2.2C5H5.Ti/c2*1-6-7(2)12(17)15(11(6)16)10-4-3-8(13)5-9(10)14;2*1-2-4-5-3-1;/h2*3-4H,1-2H3;2*1-5H;/q4*-1;+4. The minimum atomic E-state index is -1.06. The first-order chi connectivity index (χ1) is 20.9. The minimum absolute atomic E-state index is 0. The second kappa shape index (κ2) is 16.4. The molecule has 0 atom stereocenters. The predicted molar refractivity (Wildman–Crippen MR) is 156 cm³/mol. The second-order valence-corrected chi connectivity index (χ2v) is 9.33. The van der Waals surface area contributed by atoms with Gasteiger partial charge < -0.3 is 0 Å². The summed E-state index contributed by atoms with van der Waals surface area (Å²) < 4.78 is 52.3. The van der Waals surface area contributed by atoms with Crippen LogP contribution in [0, 0.1) is 35.4 Å². The van der Waals surface area contributed by atoms with Gasteiger partial charge >= 0.3 is 21.7 Å². The van der Waals surface area contributed by atoms with E-state index in [1.54, 1.807) is 12.1 Å². The fraction of sp³-hybridized carbons (Fsp3) is 0.118. The summed E-state index contributed by atoms with van der Waals surface area (Å²) in [5, 5.41) is 0. The number of benzene rings is 2. The number of halogens is 4. The van der Waals surface area contributed by atoms with Crippen LogP contribution in [-0.4, -0.2) is 23.6 Å². The van der Waals surface area contributed by atoms with E-state index in [-0.39, 0.29) is 55.4 Å². The molecule has 4 amide bonds. The van der Waals surface area contributed by atoms with Crippen molar-refractivity contribution in [1.29, 1.82) is 0 Å². The van der Waals surface area contributed by atoms with Crippen molar-refractivity contribution in [3.8, 4) is 0 Å². The first kappa shape index (κ1) is 36.5. The van der Waals surface area contributed by atoms with Gasteiger partial charge in [0.25, 0.3) is 0 Å². The van der Waals surface area contributed by atoms with Crippen molar-refractivity contribution in [1.82, 2.24) is 0 Å². The number of anilines is 2. The van der Waals surface area contributed by atoms with Gasteiger partial charge in [-0.3, -0.25) is 29.0 Å². The third-order valence-corrected chi connectivity index (χ3v) is 6.50. The Balaban J connectivity index is 0.000000235. The topological polar surface area (TPSA) is 74.8 Å². The molecule has 6 nitrogen and oxygen atoms in total. The molecular formula is C34H26F4N2O4Ti. The van der Waals surface area contributed by atoms with E-state index in [2.05, 4.69) is 0 Å². The molecule has 0 aliphatic carbocycles. The average molecular weight is 650 g/mol. The van der Waals surface area contributed by atoms with Crippen LogP contribution in [0.25, 0.3) is 0 Å². The molecule has 4 aromatic rings. The molecule has 11 heteroatoms. The summed E-state index contributed by atoms with van der Waals surface area (Å²) in [6, 6.07) is 27.6. The molecule has 45 heavy (non-hydrogen) atoms. The maximum absolute atomic E-state index is 13.4. The van der Waals surface area contributed by atoms with Crippen LogP contribution in [0.3, 0.4) is 0 Å². The Morgan fingerprint density at radius 2 is 0.778 bits per heavy atom. The van der Waals surface area contributed by atoms with Crippen molar-refractivity contribution >= 4 is 35.0 Å². The average Bonchev–Trinajstić information content (AvgIpc) is 3.82. The van der Waals surface area contributed by atoms with Gasteiger partial charge in [0.05, 0.1) is 0 Å². The van der Waals surface area contributed by atoms with Crippen molar-refractivity contribution in [3.63, 3.8) is 0 Å². The first-order valence-electron chi connectivity index (χ1n) is 13.1. The fourth-order valence-electron chi connectivity index (χ4n) is 3.79. The number of hydrogen-bond donors (Lipinski definition) is 0. The molecular weight excluding hydrogens is 624 g/mol. The molecule has 0 fully saturated rings. The molecule has 0 saturated carbocycles. The molecule has 0 unspecified atom stereocenters. The Hall–Kier alpha value is -4.67. The monoisotopic (exact) mass is 650 g/mol. The van der Waals surface area contributed by atoms with Gasteiger partial charge in [0, 0.05) is 45.6 Å². The molecule has 0 N–H and O–H groups in total. The maximum Gasteiger partial charge on any atom is 4.00 e. The van der Waals surface area contributed by atoms with Gasteiger partial charge in [0.2, 0.25) is 23.6 Å². The molecule has 0 saturated heterocycles. The first-order valence-corrected chi connectivity index (χ1v) is 13.1. The molecule has 0 bridgehead atoms. The van der Waals surface area contributed by atoms with Gasteiger partial charge in [0.15, 0.2) is 0 Å². The van der Waals surface area contributed by atoms with Crippen molar-refractivity contribution in [2.45, 2.75) is 27.7 Å². The van der Waals surface area contributed by atoms with E-state index in [0.717, 1.165) is 24.3 Å². The Morgan fingerprint density at radius 3 is 0.978 bits per heavy atom. The van der Waals surface area contributed by atoms with E-state index in [0.29, 0.717) is 9.80 Å².